The van der Waals surface area contributed by atoms with Gasteiger partial charge in [-0.25, -0.2) is 0 Å². The molecular weight excluding hydrogens is 263 g/mol. The van der Waals surface area contributed by atoms with Crippen molar-refractivity contribution in [2.45, 2.75) is 70.6 Å². The van der Waals surface area contributed by atoms with Crippen LogP contribution in [-0.4, -0.2) is 19.2 Å². The van der Waals surface area contributed by atoms with Crippen molar-refractivity contribution in [3.63, 3.8) is 0 Å². The number of hydrogen-bond acceptors (Lipinski definition) is 3. The Morgan fingerprint density at radius 1 is 0.900 bits per heavy atom. The molecule has 4 heteroatoms. The summed E-state index contributed by atoms with van der Waals surface area (Å²) in [5.41, 5.74) is 0. The number of carboxylic acids is 1. The molecule has 0 aromatic heterocycles. The van der Waals surface area contributed by atoms with Gasteiger partial charge in [0.2, 0.25) is 0 Å². The van der Waals surface area contributed by atoms with Gasteiger partial charge in [-0.2, -0.15) is 0 Å². The molecule has 0 radical (unpaired) electrons. The van der Waals surface area contributed by atoms with E-state index in [2.05, 4.69) is 6.58 Å². The van der Waals surface area contributed by atoms with Gasteiger partial charge < -0.3 is 14.6 Å². The molecule has 20 heavy (non-hydrogen) atoms. The Morgan fingerprint density at radius 2 is 1.35 bits per heavy atom. The standard InChI is InChI=1S/C16H30O3.Na/c1-2-14-19-15-12-10-8-6-4-3-5-7-9-11-13-16(17)18;/h2H,1,3-15H2,(H,17,18);/q;+1/p-1. The Hall–Kier alpha value is 0.170. The van der Waals surface area contributed by atoms with Crippen LogP contribution in [0, 0.1) is 0 Å². The molecule has 0 aliphatic rings. The second-order valence-electron chi connectivity index (χ2n) is 5.02. The fourth-order valence-electron chi connectivity index (χ4n) is 2.05. The van der Waals surface area contributed by atoms with E-state index in [0.29, 0.717) is 6.61 Å². The Kier molecular flexibility index (Phi) is 21.5. The molecule has 0 bridgehead atoms. The monoisotopic (exact) mass is 292 g/mol. The van der Waals surface area contributed by atoms with E-state index in [1.165, 1.54) is 38.5 Å². The molecule has 0 aliphatic carbocycles. The number of rotatable bonds is 15. The van der Waals surface area contributed by atoms with E-state index in [4.69, 9.17) is 4.74 Å². The number of hydrogen-bond donors (Lipinski definition) is 0. The first-order valence-electron chi connectivity index (χ1n) is 7.66. The first-order chi connectivity index (χ1) is 9.27. The van der Waals surface area contributed by atoms with Crippen molar-refractivity contribution in [3.05, 3.63) is 12.7 Å². The molecule has 0 heterocycles. The summed E-state index contributed by atoms with van der Waals surface area (Å²) in [5.74, 6) is -0.919. The van der Waals surface area contributed by atoms with Gasteiger partial charge in [-0.1, -0.05) is 57.4 Å². The van der Waals surface area contributed by atoms with Gasteiger partial charge in [-0.15, -0.1) is 6.58 Å². The Morgan fingerprint density at radius 3 is 1.80 bits per heavy atom. The maximum absolute atomic E-state index is 10.2. The summed E-state index contributed by atoms with van der Waals surface area (Å²) in [7, 11) is 0. The molecule has 0 spiro atoms. The molecule has 0 unspecified atom stereocenters. The SMILES string of the molecule is C=CCOCCCCCCCCCCCCC(=O)[O-].[Na+]. The molecule has 0 fully saturated rings. The summed E-state index contributed by atoms with van der Waals surface area (Å²) in [6.45, 7) is 5.12. The summed E-state index contributed by atoms with van der Waals surface area (Å²) in [6, 6.07) is 0. The summed E-state index contributed by atoms with van der Waals surface area (Å²) in [5, 5.41) is 10.2. The summed E-state index contributed by atoms with van der Waals surface area (Å²) in [4.78, 5) is 10.2. The third kappa shape index (κ3) is 20.5. The minimum atomic E-state index is -0.919. The summed E-state index contributed by atoms with van der Waals surface area (Å²) in [6.07, 6.45) is 13.8. The van der Waals surface area contributed by atoms with Gasteiger partial charge in [0.05, 0.1) is 6.61 Å². The van der Waals surface area contributed by atoms with E-state index in [1.807, 2.05) is 0 Å². The van der Waals surface area contributed by atoms with Crippen LogP contribution in [0.4, 0.5) is 0 Å². The Bertz CT molecular complexity index is 220. The molecule has 112 valence electrons. The molecule has 0 saturated carbocycles. The molecule has 0 aromatic rings. The van der Waals surface area contributed by atoms with Crippen molar-refractivity contribution >= 4 is 5.97 Å². The van der Waals surface area contributed by atoms with Crippen molar-refractivity contribution in [2.75, 3.05) is 13.2 Å². The average Bonchev–Trinajstić information content (AvgIpc) is 2.39. The number of carbonyl (C=O) groups excluding carboxylic acids is 1. The molecule has 0 aromatic carbocycles. The third-order valence-corrected chi connectivity index (χ3v) is 3.16. The van der Waals surface area contributed by atoms with Gasteiger partial charge in [0.15, 0.2) is 0 Å². The Balaban J connectivity index is 0. The van der Waals surface area contributed by atoms with Crippen molar-refractivity contribution in [1.29, 1.82) is 0 Å². The maximum atomic E-state index is 10.2. The Labute approximate surface area is 146 Å². The van der Waals surface area contributed by atoms with Crippen LogP contribution in [0.5, 0.6) is 0 Å². The van der Waals surface area contributed by atoms with Crippen molar-refractivity contribution in [1.82, 2.24) is 0 Å². The summed E-state index contributed by atoms with van der Waals surface area (Å²) >= 11 is 0. The predicted molar refractivity (Wildman–Crippen MR) is 76.8 cm³/mol. The number of aliphatic carboxylic acids is 1. The van der Waals surface area contributed by atoms with Crippen LogP contribution in [0.15, 0.2) is 12.7 Å². The van der Waals surface area contributed by atoms with E-state index in [0.717, 1.165) is 32.3 Å². The quantitative estimate of drug-likeness (QED) is 0.247. The van der Waals surface area contributed by atoms with Gasteiger partial charge in [-0.3, -0.25) is 0 Å². The molecule has 0 aliphatic heterocycles. The zero-order valence-corrected chi connectivity index (χ0v) is 15.2. The second kappa shape index (κ2) is 19.2. The van der Waals surface area contributed by atoms with E-state index < -0.39 is 5.97 Å². The first kappa shape index (κ1) is 22.5. The zero-order valence-electron chi connectivity index (χ0n) is 13.2. The zero-order chi connectivity index (χ0) is 14.2. The first-order valence-corrected chi connectivity index (χ1v) is 7.66. The van der Waals surface area contributed by atoms with Crippen molar-refractivity contribution in [2.24, 2.45) is 0 Å². The van der Waals surface area contributed by atoms with Crippen LogP contribution >= 0.6 is 0 Å². The van der Waals surface area contributed by atoms with E-state index >= 15 is 0 Å². The fourth-order valence-corrected chi connectivity index (χ4v) is 2.05. The minimum Gasteiger partial charge on any atom is -0.550 e. The van der Waals surface area contributed by atoms with E-state index in [9.17, 15) is 9.90 Å². The molecule has 0 rings (SSSR count). The van der Waals surface area contributed by atoms with Crippen LogP contribution in [0.1, 0.15) is 70.6 Å². The molecule has 0 atom stereocenters. The minimum absolute atomic E-state index is 0. The van der Waals surface area contributed by atoms with Crippen LogP contribution in [-0.2, 0) is 9.53 Å². The van der Waals surface area contributed by atoms with Gasteiger partial charge in [0.25, 0.3) is 0 Å². The van der Waals surface area contributed by atoms with Gasteiger partial charge in [0.1, 0.15) is 0 Å². The normalized spacial score (nSPS) is 10.0. The maximum Gasteiger partial charge on any atom is 1.00 e. The number of unbranched alkanes of at least 4 members (excludes halogenated alkanes) is 9. The topological polar surface area (TPSA) is 49.4 Å². The number of carbonyl (C=O) groups is 1. The smallest absolute Gasteiger partial charge is 0.550 e. The molecule has 0 amide bonds. The molecule has 3 nitrogen and oxygen atoms in total. The number of ether oxygens (including phenoxy) is 1. The third-order valence-electron chi connectivity index (χ3n) is 3.16. The summed E-state index contributed by atoms with van der Waals surface area (Å²) < 4.78 is 5.32. The molecular formula is C16H29NaO3. The largest absolute Gasteiger partial charge is 1.00 e. The van der Waals surface area contributed by atoms with Crippen LogP contribution in [0.2, 0.25) is 0 Å². The number of carboxylic acid groups (broad SMARTS) is 1. The van der Waals surface area contributed by atoms with Gasteiger partial charge in [-0.05, 0) is 19.3 Å². The molecule has 0 N–H and O–H groups in total. The van der Waals surface area contributed by atoms with Crippen LogP contribution in [0.3, 0.4) is 0 Å². The van der Waals surface area contributed by atoms with Crippen molar-refractivity contribution in [3.8, 4) is 0 Å². The van der Waals surface area contributed by atoms with E-state index in [1.54, 1.807) is 6.08 Å². The molecule has 0 saturated heterocycles. The second-order valence-corrected chi connectivity index (χ2v) is 5.02. The average molecular weight is 292 g/mol. The predicted octanol–water partition coefficient (Wildman–Crippen LogP) is 0.234. The van der Waals surface area contributed by atoms with Gasteiger partial charge >= 0.3 is 29.6 Å². The van der Waals surface area contributed by atoms with Crippen LogP contribution in [0.25, 0.3) is 0 Å². The fraction of sp³-hybridized carbons (Fsp3) is 0.812. The van der Waals surface area contributed by atoms with E-state index in [-0.39, 0.29) is 36.0 Å². The van der Waals surface area contributed by atoms with Crippen LogP contribution < -0.4 is 34.7 Å². The van der Waals surface area contributed by atoms with Crippen molar-refractivity contribution < 1.29 is 44.2 Å². The van der Waals surface area contributed by atoms with Gasteiger partial charge in [0, 0.05) is 12.6 Å².